The molecule has 7 nitrogen and oxygen atoms in total. The number of carbonyl (C=O) groups is 1. The highest BCUT2D eigenvalue weighted by atomic mass is 32.1. The summed E-state index contributed by atoms with van der Waals surface area (Å²) < 4.78 is 14.9. The zero-order chi connectivity index (χ0) is 22.1. The molecule has 3 heterocycles. The van der Waals surface area contributed by atoms with Crippen LogP contribution in [-0.4, -0.2) is 39.7 Å². The second kappa shape index (κ2) is 8.63. The number of aromatic nitrogens is 3. The SMILES string of the molecule is Cc1cc(C)c2sc(N(CCCn3ccnc3)C(=O)[C@H]3COc4ccccc4O3)nc2c1. The number of para-hydroxylation sites is 2. The molecule has 1 aliphatic rings. The average molecular weight is 449 g/mol. The third-order valence-electron chi connectivity index (χ3n) is 5.45. The summed E-state index contributed by atoms with van der Waals surface area (Å²) in [6.07, 6.45) is 5.51. The monoisotopic (exact) mass is 448 g/mol. The van der Waals surface area contributed by atoms with Crippen LogP contribution in [0.15, 0.2) is 55.1 Å². The molecule has 0 saturated carbocycles. The Morgan fingerprint density at radius 3 is 2.91 bits per heavy atom. The highest BCUT2D eigenvalue weighted by Crippen LogP contribution is 2.35. The number of rotatable bonds is 6. The van der Waals surface area contributed by atoms with Crippen molar-refractivity contribution in [2.45, 2.75) is 32.9 Å². The van der Waals surface area contributed by atoms with E-state index in [-0.39, 0.29) is 12.5 Å². The molecule has 0 radical (unpaired) electrons. The van der Waals surface area contributed by atoms with E-state index >= 15 is 0 Å². The Bertz CT molecular complexity index is 1250. The van der Waals surface area contributed by atoms with Gasteiger partial charge in [-0.15, -0.1) is 0 Å². The summed E-state index contributed by atoms with van der Waals surface area (Å²) in [7, 11) is 0. The summed E-state index contributed by atoms with van der Waals surface area (Å²) in [5.74, 6) is 1.11. The molecule has 32 heavy (non-hydrogen) atoms. The van der Waals surface area contributed by atoms with Gasteiger partial charge in [-0.1, -0.05) is 29.5 Å². The maximum Gasteiger partial charge on any atom is 0.273 e. The normalized spacial score (nSPS) is 15.1. The molecule has 5 rings (SSSR count). The Morgan fingerprint density at radius 1 is 1.25 bits per heavy atom. The van der Waals surface area contributed by atoms with Crippen LogP contribution in [-0.2, 0) is 11.3 Å². The van der Waals surface area contributed by atoms with Gasteiger partial charge in [-0.2, -0.15) is 0 Å². The Kier molecular flexibility index (Phi) is 5.53. The number of benzene rings is 2. The van der Waals surface area contributed by atoms with E-state index in [9.17, 15) is 4.79 Å². The number of nitrogens with zero attached hydrogens (tertiary/aromatic N) is 4. The summed E-state index contributed by atoms with van der Waals surface area (Å²) in [6, 6.07) is 11.6. The first-order chi connectivity index (χ1) is 15.6. The molecule has 0 N–H and O–H groups in total. The summed E-state index contributed by atoms with van der Waals surface area (Å²) in [4.78, 5) is 24.3. The van der Waals surface area contributed by atoms with Gasteiger partial charge in [0, 0.05) is 25.5 Å². The highest BCUT2D eigenvalue weighted by molar-refractivity contribution is 7.22. The number of amides is 1. The topological polar surface area (TPSA) is 69.5 Å². The van der Waals surface area contributed by atoms with Crippen molar-refractivity contribution in [3.05, 3.63) is 66.2 Å². The summed E-state index contributed by atoms with van der Waals surface area (Å²) >= 11 is 1.55. The van der Waals surface area contributed by atoms with Crippen molar-refractivity contribution in [1.29, 1.82) is 0 Å². The lowest BCUT2D eigenvalue weighted by Crippen LogP contribution is -2.47. The van der Waals surface area contributed by atoms with Crippen LogP contribution in [0.25, 0.3) is 10.2 Å². The lowest BCUT2D eigenvalue weighted by atomic mass is 10.1. The van der Waals surface area contributed by atoms with E-state index in [1.165, 1.54) is 5.56 Å². The first-order valence-corrected chi connectivity index (χ1v) is 11.4. The van der Waals surface area contributed by atoms with Gasteiger partial charge < -0.3 is 14.0 Å². The first-order valence-electron chi connectivity index (χ1n) is 10.6. The minimum atomic E-state index is -0.715. The van der Waals surface area contributed by atoms with Crippen LogP contribution in [0.3, 0.4) is 0 Å². The zero-order valence-electron chi connectivity index (χ0n) is 18.0. The second-order valence-corrected chi connectivity index (χ2v) is 8.91. The summed E-state index contributed by atoms with van der Waals surface area (Å²) in [5, 5.41) is 0.687. The third-order valence-corrected chi connectivity index (χ3v) is 6.68. The van der Waals surface area contributed by atoms with Crippen LogP contribution in [0.2, 0.25) is 0 Å². The van der Waals surface area contributed by atoms with E-state index in [0.29, 0.717) is 23.2 Å². The molecule has 1 aliphatic heterocycles. The van der Waals surface area contributed by atoms with Gasteiger partial charge >= 0.3 is 0 Å². The molecule has 0 saturated heterocycles. The number of carbonyl (C=O) groups excluding carboxylic acids is 1. The maximum atomic E-state index is 13.6. The number of aryl methyl sites for hydroxylation is 3. The predicted octanol–water partition coefficient (Wildman–Crippen LogP) is 4.37. The molecule has 2 aromatic carbocycles. The number of fused-ring (bicyclic) bond motifs is 2. The number of ether oxygens (including phenoxy) is 2. The third kappa shape index (κ3) is 4.05. The molecule has 0 fully saturated rings. The van der Waals surface area contributed by atoms with Crippen LogP contribution in [0.5, 0.6) is 11.5 Å². The molecule has 0 bridgehead atoms. The van der Waals surface area contributed by atoms with Crippen LogP contribution < -0.4 is 14.4 Å². The van der Waals surface area contributed by atoms with Crippen molar-refractivity contribution in [3.8, 4) is 11.5 Å². The van der Waals surface area contributed by atoms with Gasteiger partial charge in [-0.25, -0.2) is 9.97 Å². The van der Waals surface area contributed by atoms with Crippen LogP contribution in [0, 0.1) is 13.8 Å². The van der Waals surface area contributed by atoms with Gasteiger partial charge in [0.1, 0.15) is 6.61 Å². The molecule has 0 aliphatic carbocycles. The minimum absolute atomic E-state index is 0.140. The maximum absolute atomic E-state index is 13.6. The Labute approximate surface area is 190 Å². The van der Waals surface area contributed by atoms with Gasteiger partial charge in [0.15, 0.2) is 16.6 Å². The number of hydrogen-bond acceptors (Lipinski definition) is 6. The van der Waals surface area contributed by atoms with Crippen molar-refractivity contribution in [2.24, 2.45) is 0 Å². The van der Waals surface area contributed by atoms with E-state index in [1.807, 2.05) is 35.0 Å². The van der Waals surface area contributed by atoms with Crippen LogP contribution in [0.4, 0.5) is 5.13 Å². The van der Waals surface area contributed by atoms with Crippen LogP contribution >= 0.6 is 11.3 Å². The Balaban J connectivity index is 1.42. The molecule has 1 atom stereocenters. The van der Waals surface area contributed by atoms with Gasteiger partial charge in [0.05, 0.1) is 16.5 Å². The first kappa shape index (κ1) is 20.5. The molecular weight excluding hydrogens is 424 g/mol. The van der Waals surface area contributed by atoms with E-state index in [0.717, 1.165) is 28.7 Å². The summed E-state index contributed by atoms with van der Waals surface area (Å²) in [6.45, 7) is 5.60. The molecule has 0 spiro atoms. The smallest absolute Gasteiger partial charge is 0.273 e. The fraction of sp³-hybridized carbons (Fsp3) is 0.292. The molecule has 2 aromatic heterocycles. The zero-order valence-corrected chi connectivity index (χ0v) is 18.8. The predicted molar refractivity (Wildman–Crippen MR) is 125 cm³/mol. The summed E-state index contributed by atoms with van der Waals surface area (Å²) in [5.41, 5.74) is 3.24. The minimum Gasteiger partial charge on any atom is -0.485 e. The number of anilines is 1. The van der Waals surface area contributed by atoms with Gasteiger partial charge in [-0.3, -0.25) is 9.69 Å². The quantitative estimate of drug-likeness (QED) is 0.438. The van der Waals surface area contributed by atoms with Crippen molar-refractivity contribution in [3.63, 3.8) is 0 Å². The fourth-order valence-corrected chi connectivity index (χ4v) is 4.97. The second-order valence-electron chi connectivity index (χ2n) is 7.93. The molecule has 4 aromatic rings. The highest BCUT2D eigenvalue weighted by Gasteiger charge is 2.33. The number of thiazole rings is 1. The standard InChI is InChI=1S/C24H24N4O3S/c1-16-12-17(2)22-18(13-16)26-24(32-22)28(10-5-9-27-11-8-25-15-27)23(29)21-14-30-19-6-3-4-7-20(19)31-21/h3-4,6-8,11-13,15,21H,5,9-10,14H2,1-2H3/t21-/m1/s1. The van der Waals surface area contributed by atoms with Gasteiger partial charge in [0.2, 0.25) is 6.10 Å². The van der Waals surface area contributed by atoms with Crippen molar-refractivity contribution >= 4 is 32.6 Å². The van der Waals surface area contributed by atoms with E-state index in [1.54, 1.807) is 28.8 Å². The van der Waals surface area contributed by atoms with Gasteiger partial charge in [0.25, 0.3) is 5.91 Å². The lowest BCUT2D eigenvalue weighted by Gasteiger charge is -2.29. The van der Waals surface area contributed by atoms with E-state index in [2.05, 4.69) is 31.0 Å². The molecule has 8 heteroatoms. The fourth-order valence-electron chi connectivity index (χ4n) is 3.93. The number of imidazole rings is 1. The molecule has 1 amide bonds. The average Bonchev–Trinajstić information content (AvgIpc) is 3.46. The molecule has 164 valence electrons. The van der Waals surface area contributed by atoms with E-state index in [4.69, 9.17) is 14.5 Å². The molecule has 0 unspecified atom stereocenters. The molecular formula is C24H24N4O3S. The Hall–Kier alpha value is -3.39. The van der Waals surface area contributed by atoms with Crippen molar-refractivity contribution in [2.75, 3.05) is 18.1 Å². The van der Waals surface area contributed by atoms with Crippen LogP contribution in [0.1, 0.15) is 17.5 Å². The van der Waals surface area contributed by atoms with Gasteiger partial charge in [-0.05, 0) is 49.6 Å². The largest absolute Gasteiger partial charge is 0.485 e. The lowest BCUT2D eigenvalue weighted by molar-refractivity contribution is -0.127. The van der Waals surface area contributed by atoms with Crippen molar-refractivity contribution < 1.29 is 14.3 Å². The number of hydrogen-bond donors (Lipinski definition) is 0. The van der Waals surface area contributed by atoms with Crippen molar-refractivity contribution in [1.82, 2.24) is 14.5 Å². The van der Waals surface area contributed by atoms with E-state index < -0.39 is 6.10 Å². The Morgan fingerprint density at radius 2 is 2.09 bits per heavy atom.